The zero-order valence-electron chi connectivity index (χ0n) is 18.8. The summed E-state index contributed by atoms with van der Waals surface area (Å²) in [6.45, 7) is 2.12. The van der Waals surface area contributed by atoms with Crippen LogP contribution in [0.2, 0.25) is 0 Å². The van der Waals surface area contributed by atoms with Crippen LogP contribution in [0.15, 0.2) is 59.3 Å². The predicted octanol–water partition coefficient (Wildman–Crippen LogP) is 0.957. The number of nitrogens with two attached hydrogens (primary N) is 1. The van der Waals surface area contributed by atoms with E-state index in [1.807, 2.05) is 30.3 Å². The molecule has 35 heavy (non-hydrogen) atoms. The number of carbonyl (C=O) groups excluding carboxylic acids is 1. The Morgan fingerprint density at radius 3 is 2.69 bits per heavy atom. The molecule has 1 aromatic carbocycles. The minimum Gasteiger partial charge on any atom is -0.461 e. The molecule has 1 amide bonds. The van der Waals surface area contributed by atoms with E-state index in [0.29, 0.717) is 33.8 Å². The van der Waals surface area contributed by atoms with E-state index in [4.69, 9.17) is 14.9 Å². The van der Waals surface area contributed by atoms with Gasteiger partial charge in [0.15, 0.2) is 22.6 Å². The SMILES string of the molecule is C[C@@](C(=O)NCC1(O)COC1)(c1ccccc1)n1ncc2c1nc(N)n1nc(-c3ccco3)nc21. The fraction of sp³-hybridized carbons (Fsp3) is 0.261. The van der Waals surface area contributed by atoms with Gasteiger partial charge in [-0.2, -0.15) is 14.6 Å². The van der Waals surface area contributed by atoms with Crippen molar-refractivity contribution in [2.24, 2.45) is 0 Å². The standard InChI is InChI=1S/C23H22N8O4/c1-22(14-6-3-2-4-7-14,20(32)25-11-23(33)12-34-13-23)31-19-15(10-26-31)18-27-17(16-8-5-9-35-16)29-30(18)21(24)28-19/h2-10,33H,11-13H2,1H3,(H2,24,28)(H,25,32)/t22-/m0/s1. The molecular weight excluding hydrogens is 452 g/mol. The number of nitrogens with one attached hydrogen (secondary N) is 1. The van der Waals surface area contributed by atoms with Crippen molar-refractivity contribution in [2.75, 3.05) is 25.5 Å². The van der Waals surface area contributed by atoms with Crippen LogP contribution in [-0.4, -0.2) is 65.7 Å². The van der Waals surface area contributed by atoms with Crippen molar-refractivity contribution in [3.05, 3.63) is 60.5 Å². The Kier molecular flexibility index (Phi) is 4.62. The van der Waals surface area contributed by atoms with Crippen LogP contribution in [0, 0.1) is 0 Å². The first-order chi connectivity index (χ1) is 16.9. The van der Waals surface area contributed by atoms with Gasteiger partial charge in [-0.15, -0.1) is 5.10 Å². The molecule has 0 radical (unpaired) electrons. The molecule has 0 aliphatic carbocycles. The number of hydrogen-bond donors (Lipinski definition) is 3. The molecule has 12 nitrogen and oxygen atoms in total. The summed E-state index contributed by atoms with van der Waals surface area (Å²) in [6.07, 6.45) is 3.12. The number of rotatable bonds is 6. The van der Waals surface area contributed by atoms with Gasteiger partial charge in [0.2, 0.25) is 11.8 Å². The van der Waals surface area contributed by atoms with Gasteiger partial charge in [-0.1, -0.05) is 30.3 Å². The molecule has 1 aliphatic rings. The van der Waals surface area contributed by atoms with Gasteiger partial charge in [0.05, 0.1) is 37.6 Å². The zero-order valence-corrected chi connectivity index (χ0v) is 18.8. The minimum absolute atomic E-state index is 0.0456. The quantitative estimate of drug-likeness (QED) is 0.326. The number of furan rings is 1. The Morgan fingerprint density at radius 1 is 1.20 bits per heavy atom. The molecule has 178 valence electrons. The van der Waals surface area contributed by atoms with Gasteiger partial charge < -0.3 is 25.3 Å². The predicted molar refractivity (Wildman–Crippen MR) is 124 cm³/mol. The number of amides is 1. The average molecular weight is 474 g/mol. The van der Waals surface area contributed by atoms with Crippen molar-refractivity contribution in [1.82, 2.24) is 34.7 Å². The highest BCUT2D eigenvalue weighted by Gasteiger charge is 2.43. The Bertz CT molecular complexity index is 1540. The fourth-order valence-electron chi connectivity index (χ4n) is 4.22. The molecule has 5 aromatic rings. The summed E-state index contributed by atoms with van der Waals surface area (Å²) in [5, 5.41) is 22.8. The summed E-state index contributed by atoms with van der Waals surface area (Å²) in [6, 6.07) is 12.7. The van der Waals surface area contributed by atoms with E-state index in [-0.39, 0.29) is 31.6 Å². The van der Waals surface area contributed by atoms with E-state index < -0.39 is 11.1 Å². The van der Waals surface area contributed by atoms with Crippen molar-refractivity contribution >= 4 is 28.5 Å². The Labute approximate surface area is 198 Å². The number of benzene rings is 1. The highest BCUT2D eigenvalue weighted by molar-refractivity contribution is 5.94. The van der Waals surface area contributed by atoms with Crippen LogP contribution in [0.25, 0.3) is 28.3 Å². The van der Waals surface area contributed by atoms with Crippen molar-refractivity contribution < 1.29 is 19.1 Å². The van der Waals surface area contributed by atoms with E-state index in [9.17, 15) is 9.90 Å². The lowest BCUT2D eigenvalue weighted by molar-refractivity contribution is -0.176. The van der Waals surface area contributed by atoms with Crippen LogP contribution in [0.1, 0.15) is 12.5 Å². The summed E-state index contributed by atoms with van der Waals surface area (Å²) < 4.78 is 13.4. The summed E-state index contributed by atoms with van der Waals surface area (Å²) in [5.74, 6) is 0.548. The van der Waals surface area contributed by atoms with Gasteiger partial charge in [-0.25, -0.2) is 9.67 Å². The minimum atomic E-state index is -1.31. The molecule has 1 fully saturated rings. The summed E-state index contributed by atoms with van der Waals surface area (Å²) in [7, 11) is 0. The first-order valence-corrected chi connectivity index (χ1v) is 11.0. The van der Waals surface area contributed by atoms with Crippen LogP contribution in [0.5, 0.6) is 0 Å². The van der Waals surface area contributed by atoms with Gasteiger partial charge in [0.1, 0.15) is 5.60 Å². The van der Waals surface area contributed by atoms with Crippen LogP contribution in [-0.2, 0) is 15.1 Å². The Balaban J connectivity index is 1.50. The van der Waals surface area contributed by atoms with Crippen LogP contribution < -0.4 is 11.1 Å². The molecule has 0 bridgehead atoms. The van der Waals surface area contributed by atoms with Gasteiger partial charge in [-0.05, 0) is 24.6 Å². The van der Waals surface area contributed by atoms with Gasteiger partial charge in [-0.3, -0.25) is 4.79 Å². The highest BCUT2D eigenvalue weighted by atomic mass is 16.5. The third-order valence-corrected chi connectivity index (χ3v) is 6.29. The lowest BCUT2D eigenvalue weighted by atomic mass is 9.90. The molecule has 0 unspecified atom stereocenters. The second-order valence-electron chi connectivity index (χ2n) is 8.75. The van der Waals surface area contributed by atoms with Crippen molar-refractivity contribution in [3.8, 4) is 11.6 Å². The second-order valence-corrected chi connectivity index (χ2v) is 8.75. The van der Waals surface area contributed by atoms with Gasteiger partial charge >= 0.3 is 0 Å². The average Bonchev–Trinajstić information content (AvgIpc) is 3.60. The zero-order chi connectivity index (χ0) is 24.2. The number of anilines is 1. The highest BCUT2D eigenvalue weighted by Crippen LogP contribution is 2.32. The molecule has 12 heteroatoms. The van der Waals surface area contributed by atoms with Crippen molar-refractivity contribution in [3.63, 3.8) is 0 Å². The maximum Gasteiger partial charge on any atom is 0.252 e. The number of nitrogen functional groups attached to an aromatic ring is 1. The van der Waals surface area contributed by atoms with Crippen LogP contribution >= 0.6 is 0 Å². The molecule has 6 rings (SSSR count). The summed E-state index contributed by atoms with van der Waals surface area (Å²) in [5.41, 5.74) is 5.32. The van der Waals surface area contributed by atoms with E-state index in [2.05, 4.69) is 25.5 Å². The topological polar surface area (TPSA) is 159 Å². The molecule has 1 atom stereocenters. The van der Waals surface area contributed by atoms with Crippen LogP contribution in [0.3, 0.4) is 0 Å². The maximum absolute atomic E-state index is 13.7. The molecule has 4 N–H and O–H groups in total. The number of fused-ring (bicyclic) bond motifs is 3. The number of nitrogens with zero attached hydrogens (tertiary/aromatic N) is 6. The normalized spacial score (nSPS) is 16.7. The van der Waals surface area contributed by atoms with Crippen molar-refractivity contribution in [1.29, 1.82) is 0 Å². The third-order valence-electron chi connectivity index (χ3n) is 6.29. The van der Waals surface area contributed by atoms with Gasteiger partial charge in [0, 0.05) is 0 Å². The lowest BCUT2D eigenvalue weighted by Crippen LogP contribution is -2.59. The molecule has 4 aromatic heterocycles. The molecular formula is C23H22N8O4. The number of aliphatic hydroxyl groups is 1. The van der Waals surface area contributed by atoms with Gasteiger partial charge in [0.25, 0.3) is 5.91 Å². The molecule has 0 spiro atoms. The molecule has 1 saturated heterocycles. The molecule has 1 aliphatic heterocycles. The molecule has 5 heterocycles. The largest absolute Gasteiger partial charge is 0.461 e. The lowest BCUT2D eigenvalue weighted by Gasteiger charge is -2.37. The van der Waals surface area contributed by atoms with E-state index in [0.717, 1.165) is 0 Å². The first-order valence-electron chi connectivity index (χ1n) is 11.0. The fourth-order valence-corrected chi connectivity index (χ4v) is 4.22. The van der Waals surface area contributed by atoms with E-state index in [1.54, 1.807) is 25.3 Å². The Hall–Kier alpha value is -4.29. The number of carbonyl (C=O) groups is 1. The number of ether oxygens (including phenoxy) is 1. The van der Waals surface area contributed by atoms with E-state index >= 15 is 0 Å². The Morgan fingerprint density at radius 2 is 2.00 bits per heavy atom. The third kappa shape index (κ3) is 3.26. The molecule has 0 saturated carbocycles. The summed E-state index contributed by atoms with van der Waals surface area (Å²) >= 11 is 0. The van der Waals surface area contributed by atoms with E-state index in [1.165, 1.54) is 15.5 Å². The maximum atomic E-state index is 13.7. The van der Waals surface area contributed by atoms with Crippen LogP contribution in [0.4, 0.5) is 5.95 Å². The first kappa shape index (κ1) is 21.3. The second kappa shape index (κ2) is 7.61. The number of hydrogen-bond acceptors (Lipinski definition) is 9. The monoisotopic (exact) mass is 474 g/mol. The smallest absolute Gasteiger partial charge is 0.252 e. The van der Waals surface area contributed by atoms with Crippen molar-refractivity contribution in [2.45, 2.75) is 18.1 Å². The number of aromatic nitrogens is 6. The summed E-state index contributed by atoms with van der Waals surface area (Å²) in [4.78, 5) is 22.8.